The summed E-state index contributed by atoms with van der Waals surface area (Å²) in [6, 6.07) is 8.95. The molecule has 6 nitrogen and oxygen atoms in total. The fourth-order valence-electron chi connectivity index (χ4n) is 2.62. The second-order valence-electron chi connectivity index (χ2n) is 5.67. The van der Waals surface area contributed by atoms with Crippen molar-refractivity contribution in [1.82, 2.24) is 9.80 Å². The molecule has 0 unspecified atom stereocenters. The van der Waals surface area contributed by atoms with Gasteiger partial charge in [0.05, 0.1) is 0 Å². The lowest BCUT2D eigenvalue weighted by Gasteiger charge is -2.38. The SMILES string of the molecule is C[C@H]1C(=O)N(CCCCO)CCN1C(=O)OCc1ccccc1. The van der Waals surface area contributed by atoms with Crippen LogP contribution in [0.25, 0.3) is 0 Å². The van der Waals surface area contributed by atoms with Gasteiger partial charge in [0.25, 0.3) is 0 Å². The van der Waals surface area contributed by atoms with Gasteiger partial charge in [-0.25, -0.2) is 4.79 Å². The number of ether oxygens (including phenoxy) is 1. The molecular weight excluding hydrogens is 296 g/mol. The zero-order valence-corrected chi connectivity index (χ0v) is 13.5. The van der Waals surface area contributed by atoms with Gasteiger partial charge in [0.1, 0.15) is 12.6 Å². The van der Waals surface area contributed by atoms with Gasteiger partial charge in [-0.2, -0.15) is 0 Å². The van der Waals surface area contributed by atoms with Crippen LogP contribution in [0.1, 0.15) is 25.3 Å². The van der Waals surface area contributed by atoms with E-state index in [0.717, 1.165) is 12.0 Å². The average Bonchev–Trinajstić information content (AvgIpc) is 2.58. The number of amides is 2. The van der Waals surface area contributed by atoms with E-state index in [1.54, 1.807) is 11.8 Å². The van der Waals surface area contributed by atoms with E-state index in [1.165, 1.54) is 4.90 Å². The van der Waals surface area contributed by atoms with E-state index in [4.69, 9.17) is 9.84 Å². The van der Waals surface area contributed by atoms with Crippen LogP contribution >= 0.6 is 0 Å². The predicted octanol–water partition coefficient (Wildman–Crippen LogP) is 1.63. The molecule has 1 saturated heterocycles. The van der Waals surface area contributed by atoms with Crippen molar-refractivity contribution in [1.29, 1.82) is 0 Å². The maximum atomic E-state index is 12.3. The minimum atomic E-state index is -0.513. The number of benzene rings is 1. The summed E-state index contributed by atoms with van der Waals surface area (Å²) >= 11 is 0. The van der Waals surface area contributed by atoms with Crippen LogP contribution in [0, 0.1) is 0 Å². The summed E-state index contributed by atoms with van der Waals surface area (Å²) in [5, 5.41) is 8.81. The van der Waals surface area contributed by atoms with Crippen molar-refractivity contribution in [2.75, 3.05) is 26.2 Å². The van der Waals surface area contributed by atoms with Gasteiger partial charge in [0.15, 0.2) is 0 Å². The van der Waals surface area contributed by atoms with Gasteiger partial charge in [-0.15, -0.1) is 0 Å². The Hall–Kier alpha value is -2.08. The monoisotopic (exact) mass is 320 g/mol. The van der Waals surface area contributed by atoms with Gasteiger partial charge < -0.3 is 14.7 Å². The standard InChI is InChI=1S/C17H24N2O4/c1-14-16(21)18(9-5-6-12-20)10-11-19(14)17(22)23-13-15-7-3-2-4-8-15/h2-4,7-8,14,20H,5-6,9-13H2,1H3/t14-/m0/s1. The number of hydrogen-bond acceptors (Lipinski definition) is 4. The molecule has 1 fully saturated rings. The summed E-state index contributed by atoms with van der Waals surface area (Å²) in [4.78, 5) is 27.7. The van der Waals surface area contributed by atoms with Crippen molar-refractivity contribution in [2.45, 2.75) is 32.4 Å². The molecule has 1 atom stereocenters. The predicted molar refractivity (Wildman–Crippen MR) is 85.7 cm³/mol. The average molecular weight is 320 g/mol. The van der Waals surface area contributed by atoms with Gasteiger partial charge >= 0.3 is 6.09 Å². The third-order valence-electron chi connectivity index (χ3n) is 4.02. The lowest BCUT2D eigenvalue weighted by atomic mass is 10.1. The minimum absolute atomic E-state index is 0.0640. The topological polar surface area (TPSA) is 70.1 Å². The highest BCUT2D eigenvalue weighted by Gasteiger charge is 2.34. The van der Waals surface area contributed by atoms with E-state index in [-0.39, 0.29) is 19.1 Å². The molecule has 1 aromatic rings. The van der Waals surface area contributed by atoms with E-state index in [0.29, 0.717) is 26.1 Å². The molecule has 2 rings (SSSR count). The second kappa shape index (κ2) is 8.53. The number of hydrogen-bond donors (Lipinski definition) is 1. The molecular formula is C17H24N2O4. The van der Waals surface area contributed by atoms with Crippen molar-refractivity contribution >= 4 is 12.0 Å². The highest BCUT2D eigenvalue weighted by Crippen LogP contribution is 2.14. The lowest BCUT2D eigenvalue weighted by molar-refractivity contribution is -0.140. The van der Waals surface area contributed by atoms with Crippen LogP contribution in [0.5, 0.6) is 0 Å². The molecule has 0 aromatic heterocycles. The molecule has 1 aliphatic rings. The van der Waals surface area contributed by atoms with Crippen molar-refractivity contribution < 1.29 is 19.4 Å². The molecule has 1 N–H and O–H groups in total. The van der Waals surface area contributed by atoms with Crippen LogP contribution in [0.3, 0.4) is 0 Å². The van der Waals surface area contributed by atoms with Crippen LogP contribution in [0.2, 0.25) is 0 Å². The number of unbranched alkanes of at least 4 members (excludes halogenated alkanes) is 1. The van der Waals surface area contributed by atoms with Crippen LogP contribution in [-0.2, 0) is 16.1 Å². The highest BCUT2D eigenvalue weighted by atomic mass is 16.6. The molecule has 23 heavy (non-hydrogen) atoms. The summed E-state index contributed by atoms with van der Waals surface area (Å²) in [6.45, 7) is 3.67. The first-order valence-corrected chi connectivity index (χ1v) is 8.00. The number of aliphatic hydroxyl groups excluding tert-OH is 1. The van der Waals surface area contributed by atoms with Crippen molar-refractivity contribution in [3.63, 3.8) is 0 Å². The van der Waals surface area contributed by atoms with Gasteiger partial charge in [-0.1, -0.05) is 30.3 Å². The number of aliphatic hydroxyl groups is 1. The summed E-state index contributed by atoms with van der Waals surface area (Å²) < 4.78 is 5.30. The van der Waals surface area contributed by atoms with Crippen molar-refractivity contribution in [3.8, 4) is 0 Å². The Bertz CT molecular complexity index is 521. The first-order chi connectivity index (χ1) is 11.1. The van der Waals surface area contributed by atoms with Crippen LogP contribution < -0.4 is 0 Å². The fraction of sp³-hybridized carbons (Fsp3) is 0.529. The highest BCUT2D eigenvalue weighted by molar-refractivity contribution is 5.86. The van der Waals surface area contributed by atoms with Gasteiger partial charge in [0, 0.05) is 26.2 Å². The Morgan fingerprint density at radius 3 is 2.70 bits per heavy atom. The third kappa shape index (κ3) is 4.69. The smallest absolute Gasteiger partial charge is 0.410 e. The number of carbonyl (C=O) groups is 2. The van der Waals surface area contributed by atoms with E-state index < -0.39 is 12.1 Å². The third-order valence-corrected chi connectivity index (χ3v) is 4.02. The Kier molecular flexibility index (Phi) is 6.40. The molecule has 1 aromatic carbocycles. The Morgan fingerprint density at radius 1 is 1.26 bits per heavy atom. The van der Waals surface area contributed by atoms with Gasteiger partial charge in [-0.3, -0.25) is 9.69 Å². The maximum absolute atomic E-state index is 12.3. The molecule has 0 saturated carbocycles. The number of rotatable bonds is 6. The quantitative estimate of drug-likeness (QED) is 0.809. The Morgan fingerprint density at radius 2 is 2.00 bits per heavy atom. The summed E-state index contributed by atoms with van der Waals surface area (Å²) in [7, 11) is 0. The van der Waals surface area contributed by atoms with Crippen molar-refractivity contribution in [3.05, 3.63) is 35.9 Å². The molecule has 126 valence electrons. The Balaban J connectivity index is 1.84. The van der Waals surface area contributed by atoms with Crippen LogP contribution in [0.4, 0.5) is 4.79 Å². The maximum Gasteiger partial charge on any atom is 0.410 e. The molecule has 0 aliphatic carbocycles. The lowest BCUT2D eigenvalue weighted by Crippen LogP contribution is -2.57. The van der Waals surface area contributed by atoms with E-state index in [2.05, 4.69) is 0 Å². The molecule has 1 aliphatic heterocycles. The first-order valence-electron chi connectivity index (χ1n) is 8.00. The fourth-order valence-corrected chi connectivity index (χ4v) is 2.62. The zero-order valence-electron chi connectivity index (χ0n) is 13.5. The molecule has 0 spiro atoms. The van der Waals surface area contributed by atoms with Crippen LogP contribution in [-0.4, -0.2) is 59.2 Å². The Labute approximate surface area is 136 Å². The number of carbonyl (C=O) groups excluding carboxylic acids is 2. The minimum Gasteiger partial charge on any atom is -0.445 e. The van der Waals surface area contributed by atoms with E-state index in [1.807, 2.05) is 30.3 Å². The van der Waals surface area contributed by atoms with Crippen LogP contribution in [0.15, 0.2) is 30.3 Å². The molecule has 0 bridgehead atoms. The summed E-state index contributed by atoms with van der Waals surface area (Å²) in [5.74, 6) is -0.0640. The number of piperazine rings is 1. The largest absolute Gasteiger partial charge is 0.445 e. The molecule has 1 heterocycles. The number of nitrogens with zero attached hydrogens (tertiary/aromatic N) is 2. The van der Waals surface area contributed by atoms with Gasteiger partial charge in [-0.05, 0) is 25.3 Å². The van der Waals surface area contributed by atoms with E-state index in [9.17, 15) is 9.59 Å². The molecule has 6 heteroatoms. The molecule has 0 radical (unpaired) electrons. The summed E-state index contributed by atoms with van der Waals surface area (Å²) in [6.07, 6.45) is 0.999. The van der Waals surface area contributed by atoms with E-state index >= 15 is 0 Å². The van der Waals surface area contributed by atoms with Gasteiger partial charge in [0.2, 0.25) is 5.91 Å². The first kappa shape index (κ1) is 17.3. The molecule has 2 amide bonds. The summed E-state index contributed by atoms with van der Waals surface area (Å²) in [5.41, 5.74) is 0.919. The normalized spacial score (nSPS) is 18.2. The zero-order chi connectivity index (χ0) is 16.7. The van der Waals surface area contributed by atoms with Crippen molar-refractivity contribution in [2.24, 2.45) is 0 Å². The second-order valence-corrected chi connectivity index (χ2v) is 5.67.